The van der Waals surface area contributed by atoms with Gasteiger partial charge in [0.1, 0.15) is 4.47 Å². The molecule has 0 fully saturated rings. The van der Waals surface area contributed by atoms with E-state index in [1.54, 1.807) is 6.92 Å². The molecule has 0 bridgehead atoms. The molecule has 1 aromatic heterocycles. The van der Waals surface area contributed by atoms with Crippen LogP contribution in [0.4, 0.5) is 18.9 Å². The number of hydrogen-bond acceptors (Lipinski definition) is 3. The number of hydrogen-bond donors (Lipinski definition) is 1. The van der Waals surface area contributed by atoms with Gasteiger partial charge in [0.15, 0.2) is 0 Å². The number of aromatic nitrogens is 2. The Morgan fingerprint density at radius 3 is 2.67 bits per heavy atom. The highest BCUT2D eigenvalue weighted by molar-refractivity contribution is 9.10. The number of rotatable bonds is 4. The molecule has 0 aliphatic heterocycles. The van der Waals surface area contributed by atoms with Crippen molar-refractivity contribution in [3.8, 4) is 0 Å². The molecule has 1 aromatic rings. The average molecular weight is 328 g/mol. The summed E-state index contributed by atoms with van der Waals surface area (Å²) in [6.45, 7) is 3.54. The molecule has 1 rings (SSSR count). The van der Waals surface area contributed by atoms with E-state index in [0.29, 0.717) is 6.54 Å². The van der Waals surface area contributed by atoms with Crippen LogP contribution in [-0.4, -0.2) is 22.0 Å². The zero-order valence-electron chi connectivity index (χ0n) is 9.88. The summed E-state index contributed by atoms with van der Waals surface area (Å²) in [5, 5.41) is 6.45. The van der Waals surface area contributed by atoms with Gasteiger partial charge in [0.2, 0.25) is 0 Å². The van der Waals surface area contributed by atoms with Crippen molar-refractivity contribution in [1.82, 2.24) is 9.78 Å². The Bertz CT molecular complexity index is 472. The molecular weight excluding hydrogens is 315 g/mol. The maximum Gasteiger partial charge on any atom is 0.391 e. The van der Waals surface area contributed by atoms with Gasteiger partial charge in [0, 0.05) is 12.6 Å². The molecule has 8 heteroatoms. The van der Waals surface area contributed by atoms with Gasteiger partial charge in [-0.25, -0.2) is 4.68 Å². The van der Waals surface area contributed by atoms with E-state index in [2.05, 4.69) is 26.3 Å². The molecule has 0 aliphatic rings. The molecule has 0 saturated carbocycles. The van der Waals surface area contributed by atoms with Crippen LogP contribution in [0, 0.1) is 0 Å². The molecule has 1 N–H and O–H groups in total. The van der Waals surface area contributed by atoms with E-state index < -0.39 is 18.6 Å². The van der Waals surface area contributed by atoms with Crippen LogP contribution in [0.2, 0.25) is 0 Å². The summed E-state index contributed by atoms with van der Waals surface area (Å²) < 4.78 is 37.9. The van der Waals surface area contributed by atoms with E-state index in [0.717, 1.165) is 0 Å². The van der Waals surface area contributed by atoms with Crippen LogP contribution in [0.15, 0.2) is 15.5 Å². The molecule has 102 valence electrons. The Morgan fingerprint density at radius 1 is 1.56 bits per heavy atom. The summed E-state index contributed by atoms with van der Waals surface area (Å²) in [5.41, 5.74) is -0.108. The van der Waals surface area contributed by atoms with Gasteiger partial charge < -0.3 is 5.32 Å². The Balaban J connectivity index is 2.86. The number of aryl methyl sites for hydroxylation is 1. The van der Waals surface area contributed by atoms with Crippen molar-refractivity contribution >= 4 is 21.6 Å². The van der Waals surface area contributed by atoms with Crippen molar-refractivity contribution in [1.29, 1.82) is 0 Å². The van der Waals surface area contributed by atoms with E-state index in [4.69, 9.17) is 0 Å². The largest absolute Gasteiger partial charge is 0.391 e. The first kappa shape index (κ1) is 15.0. The third-order valence-electron chi connectivity index (χ3n) is 2.22. The second-order valence-electron chi connectivity index (χ2n) is 3.86. The predicted octanol–water partition coefficient (Wildman–Crippen LogP) is 2.78. The van der Waals surface area contributed by atoms with Gasteiger partial charge in [-0.3, -0.25) is 4.79 Å². The fourth-order valence-electron chi connectivity index (χ4n) is 1.45. The Labute approximate surface area is 110 Å². The van der Waals surface area contributed by atoms with Gasteiger partial charge in [-0.15, -0.1) is 0 Å². The van der Waals surface area contributed by atoms with E-state index in [1.807, 2.05) is 0 Å². The lowest BCUT2D eigenvalue weighted by Gasteiger charge is -2.17. The van der Waals surface area contributed by atoms with E-state index >= 15 is 0 Å². The lowest BCUT2D eigenvalue weighted by Crippen LogP contribution is -2.27. The minimum absolute atomic E-state index is 0.188. The molecule has 4 nitrogen and oxygen atoms in total. The number of alkyl halides is 3. The fourth-order valence-corrected chi connectivity index (χ4v) is 1.88. The first-order valence-electron chi connectivity index (χ1n) is 5.33. The minimum atomic E-state index is -4.25. The van der Waals surface area contributed by atoms with Crippen LogP contribution in [0.25, 0.3) is 0 Å². The molecular formula is C10H13BrF3N3O. The molecule has 1 heterocycles. The summed E-state index contributed by atoms with van der Waals surface area (Å²) in [7, 11) is 0. The van der Waals surface area contributed by atoms with Gasteiger partial charge in [-0.2, -0.15) is 18.3 Å². The summed E-state index contributed by atoms with van der Waals surface area (Å²) in [4.78, 5) is 11.7. The van der Waals surface area contributed by atoms with E-state index in [-0.39, 0.29) is 15.7 Å². The van der Waals surface area contributed by atoms with Crippen LogP contribution in [0.1, 0.15) is 20.3 Å². The normalized spacial score (nSPS) is 13.4. The molecule has 18 heavy (non-hydrogen) atoms. The highest BCUT2D eigenvalue weighted by Gasteiger charge is 2.30. The Hall–Kier alpha value is -1.05. The Morgan fingerprint density at radius 2 is 2.17 bits per heavy atom. The van der Waals surface area contributed by atoms with Gasteiger partial charge >= 0.3 is 6.18 Å². The third kappa shape index (κ3) is 4.01. The van der Waals surface area contributed by atoms with E-state index in [9.17, 15) is 18.0 Å². The van der Waals surface area contributed by atoms with Crippen LogP contribution in [-0.2, 0) is 6.54 Å². The predicted molar refractivity (Wildman–Crippen MR) is 65.6 cm³/mol. The molecule has 0 spiro atoms. The summed E-state index contributed by atoms with van der Waals surface area (Å²) in [6, 6.07) is -0.833. The van der Waals surface area contributed by atoms with Crippen molar-refractivity contribution in [3.63, 3.8) is 0 Å². The molecule has 0 amide bonds. The smallest absolute Gasteiger partial charge is 0.380 e. The summed E-state index contributed by atoms with van der Waals surface area (Å²) in [5.74, 6) is 0. The number of nitrogens with one attached hydrogen (secondary N) is 1. The minimum Gasteiger partial charge on any atom is -0.380 e. The zero-order valence-corrected chi connectivity index (χ0v) is 11.5. The van der Waals surface area contributed by atoms with Crippen LogP contribution in [0.3, 0.4) is 0 Å². The van der Waals surface area contributed by atoms with Crippen molar-refractivity contribution < 1.29 is 13.2 Å². The highest BCUT2D eigenvalue weighted by atomic mass is 79.9. The standard InChI is InChI=1S/C10H13BrF3N3O/c1-3-17-9(18)8(11)7(5-15-17)16-6(2)4-10(12,13)14/h5-6,16H,3-4H2,1-2H3. The van der Waals surface area contributed by atoms with Gasteiger partial charge in [-0.05, 0) is 29.8 Å². The third-order valence-corrected chi connectivity index (χ3v) is 2.99. The average Bonchev–Trinajstić information content (AvgIpc) is 2.22. The lowest BCUT2D eigenvalue weighted by molar-refractivity contribution is -0.136. The first-order chi connectivity index (χ1) is 8.24. The maximum absolute atomic E-state index is 12.2. The lowest BCUT2D eigenvalue weighted by atomic mass is 10.2. The van der Waals surface area contributed by atoms with E-state index in [1.165, 1.54) is 17.8 Å². The van der Waals surface area contributed by atoms with Gasteiger partial charge in [-0.1, -0.05) is 0 Å². The zero-order chi connectivity index (χ0) is 13.9. The van der Waals surface area contributed by atoms with Gasteiger partial charge in [0.25, 0.3) is 5.56 Å². The second kappa shape index (κ2) is 5.73. The fraction of sp³-hybridized carbons (Fsp3) is 0.600. The molecule has 1 atom stereocenters. The molecule has 0 radical (unpaired) electrons. The van der Waals surface area contributed by atoms with Crippen molar-refractivity contribution in [3.05, 3.63) is 21.0 Å². The summed E-state index contributed by atoms with van der Waals surface area (Å²) >= 11 is 3.06. The van der Waals surface area contributed by atoms with Crippen molar-refractivity contribution in [2.75, 3.05) is 5.32 Å². The highest BCUT2D eigenvalue weighted by Crippen LogP contribution is 2.24. The van der Waals surface area contributed by atoms with Crippen molar-refractivity contribution in [2.45, 2.75) is 39.0 Å². The molecule has 0 aromatic carbocycles. The first-order valence-corrected chi connectivity index (χ1v) is 6.12. The van der Waals surface area contributed by atoms with Crippen LogP contribution in [0.5, 0.6) is 0 Å². The quantitative estimate of drug-likeness (QED) is 0.925. The monoisotopic (exact) mass is 327 g/mol. The van der Waals surface area contributed by atoms with Crippen molar-refractivity contribution in [2.24, 2.45) is 0 Å². The maximum atomic E-state index is 12.2. The number of nitrogens with zero attached hydrogens (tertiary/aromatic N) is 2. The Kier molecular flexibility index (Phi) is 4.78. The SMILES string of the molecule is CCn1ncc(NC(C)CC(F)(F)F)c(Br)c1=O. The summed E-state index contributed by atoms with van der Waals surface area (Å²) in [6.07, 6.45) is -3.89. The molecule has 1 unspecified atom stereocenters. The van der Waals surface area contributed by atoms with Gasteiger partial charge in [0.05, 0.1) is 18.3 Å². The second-order valence-corrected chi connectivity index (χ2v) is 4.65. The number of halogens is 4. The molecule has 0 aliphatic carbocycles. The molecule has 0 saturated heterocycles. The van der Waals surface area contributed by atoms with Crippen LogP contribution < -0.4 is 10.9 Å². The topological polar surface area (TPSA) is 46.9 Å². The number of anilines is 1. The van der Waals surface area contributed by atoms with Crippen LogP contribution >= 0.6 is 15.9 Å².